The number of carbonyl (C=O) groups is 1. The predicted octanol–water partition coefficient (Wildman–Crippen LogP) is 2.25. The van der Waals surface area contributed by atoms with Crippen LogP contribution in [0.3, 0.4) is 0 Å². The van der Waals surface area contributed by atoms with Gasteiger partial charge in [0.05, 0.1) is 5.76 Å². The van der Waals surface area contributed by atoms with Gasteiger partial charge in [-0.1, -0.05) is 18.2 Å². The van der Waals surface area contributed by atoms with E-state index in [0.717, 1.165) is 5.69 Å². The van der Waals surface area contributed by atoms with Gasteiger partial charge in [-0.05, 0) is 19.1 Å². The third kappa shape index (κ3) is 1.86. The van der Waals surface area contributed by atoms with Gasteiger partial charge in [0.15, 0.2) is 0 Å². The van der Waals surface area contributed by atoms with Crippen molar-refractivity contribution in [1.29, 1.82) is 0 Å². The van der Waals surface area contributed by atoms with Gasteiger partial charge >= 0.3 is 0 Å². The van der Waals surface area contributed by atoms with Crippen LogP contribution in [-0.2, 0) is 4.79 Å². The summed E-state index contributed by atoms with van der Waals surface area (Å²) in [5.74, 6) is 0.0112. The van der Waals surface area contributed by atoms with Crippen molar-refractivity contribution in [3.63, 3.8) is 0 Å². The molecule has 0 fully saturated rings. The fourth-order valence-electron chi connectivity index (χ4n) is 1.85. The van der Waals surface area contributed by atoms with Crippen molar-refractivity contribution in [2.24, 2.45) is 0 Å². The normalized spacial score (nSPS) is 21.4. The van der Waals surface area contributed by atoms with Crippen molar-refractivity contribution in [2.75, 3.05) is 4.90 Å². The van der Waals surface area contributed by atoms with Crippen LogP contribution in [0.1, 0.15) is 13.3 Å². The van der Waals surface area contributed by atoms with E-state index >= 15 is 0 Å². The van der Waals surface area contributed by atoms with Gasteiger partial charge in [0.2, 0.25) is 0 Å². The summed E-state index contributed by atoms with van der Waals surface area (Å²) in [6.45, 7) is 1.92. The third-order valence-electron chi connectivity index (χ3n) is 2.51. The van der Waals surface area contributed by atoms with Crippen LogP contribution < -0.4 is 4.90 Å². The van der Waals surface area contributed by atoms with Crippen LogP contribution in [0, 0.1) is 0 Å². The molecule has 0 bridgehead atoms. The lowest BCUT2D eigenvalue weighted by Crippen LogP contribution is -2.41. The maximum Gasteiger partial charge on any atom is 0.254 e. The van der Waals surface area contributed by atoms with Gasteiger partial charge in [0.25, 0.3) is 5.91 Å². The Morgan fingerprint density at radius 2 is 2.00 bits per heavy atom. The molecule has 3 nitrogen and oxygen atoms in total. The number of carbonyl (C=O) groups excluding carboxylic acids is 1. The predicted molar refractivity (Wildman–Crippen MR) is 58.7 cm³/mol. The summed E-state index contributed by atoms with van der Waals surface area (Å²) in [6, 6.07) is 9.50. The lowest BCUT2D eigenvalue weighted by atomic mass is 10.1. The number of anilines is 1. The van der Waals surface area contributed by atoms with Crippen LogP contribution in [0.5, 0.6) is 0 Å². The first kappa shape index (κ1) is 9.77. The molecule has 78 valence electrons. The molecule has 1 atom stereocenters. The van der Waals surface area contributed by atoms with E-state index in [1.54, 1.807) is 4.90 Å². The van der Waals surface area contributed by atoms with Gasteiger partial charge in [-0.25, -0.2) is 0 Å². The van der Waals surface area contributed by atoms with E-state index in [0.29, 0.717) is 6.42 Å². The Hall–Kier alpha value is -1.77. The fourth-order valence-corrected chi connectivity index (χ4v) is 1.85. The van der Waals surface area contributed by atoms with Crippen molar-refractivity contribution < 1.29 is 9.90 Å². The molecule has 1 aliphatic rings. The summed E-state index contributed by atoms with van der Waals surface area (Å²) < 4.78 is 0. The van der Waals surface area contributed by atoms with Crippen molar-refractivity contribution in [3.05, 3.63) is 42.2 Å². The molecular weight excluding hydrogens is 190 g/mol. The molecule has 15 heavy (non-hydrogen) atoms. The van der Waals surface area contributed by atoms with Gasteiger partial charge in [-0.15, -0.1) is 0 Å². The van der Waals surface area contributed by atoms with E-state index in [1.165, 1.54) is 6.08 Å². The maximum absolute atomic E-state index is 11.7. The summed E-state index contributed by atoms with van der Waals surface area (Å²) in [6.07, 6.45) is 1.80. The van der Waals surface area contributed by atoms with Crippen LogP contribution in [0.4, 0.5) is 5.69 Å². The first-order valence-electron chi connectivity index (χ1n) is 4.96. The Morgan fingerprint density at radius 3 is 2.60 bits per heavy atom. The largest absolute Gasteiger partial charge is 0.512 e. The molecule has 0 radical (unpaired) electrons. The Bertz CT molecular complexity index is 397. The Balaban J connectivity index is 2.34. The zero-order valence-electron chi connectivity index (χ0n) is 8.55. The van der Waals surface area contributed by atoms with Gasteiger partial charge in [0.1, 0.15) is 0 Å². The second kappa shape index (κ2) is 3.77. The second-order valence-electron chi connectivity index (χ2n) is 3.73. The number of aliphatic hydroxyl groups is 1. The molecule has 1 amide bonds. The van der Waals surface area contributed by atoms with E-state index in [9.17, 15) is 9.90 Å². The van der Waals surface area contributed by atoms with Crippen LogP contribution >= 0.6 is 0 Å². The summed E-state index contributed by atoms with van der Waals surface area (Å²) >= 11 is 0. The minimum Gasteiger partial charge on any atom is -0.512 e. The molecule has 1 aromatic rings. The van der Waals surface area contributed by atoms with Crippen molar-refractivity contribution >= 4 is 11.6 Å². The first-order chi connectivity index (χ1) is 7.18. The lowest BCUT2D eigenvalue weighted by molar-refractivity contribution is -0.115. The maximum atomic E-state index is 11.7. The van der Waals surface area contributed by atoms with Gasteiger partial charge in [-0.3, -0.25) is 4.79 Å². The molecule has 0 aromatic heterocycles. The number of aliphatic hydroxyl groups excluding tert-OH is 1. The van der Waals surface area contributed by atoms with E-state index in [-0.39, 0.29) is 17.7 Å². The zero-order chi connectivity index (χ0) is 10.8. The van der Waals surface area contributed by atoms with E-state index in [4.69, 9.17) is 0 Å². The quantitative estimate of drug-likeness (QED) is 0.760. The molecule has 0 aliphatic carbocycles. The minimum absolute atomic E-state index is 0.00454. The van der Waals surface area contributed by atoms with Gasteiger partial charge in [0, 0.05) is 24.2 Å². The number of para-hydroxylation sites is 1. The van der Waals surface area contributed by atoms with Crippen LogP contribution in [0.15, 0.2) is 42.2 Å². The number of rotatable bonds is 1. The summed E-state index contributed by atoms with van der Waals surface area (Å²) in [7, 11) is 0. The SMILES string of the molecule is CC1CC(O)=CC(=O)N1c1ccccc1. The highest BCUT2D eigenvalue weighted by Gasteiger charge is 2.25. The van der Waals surface area contributed by atoms with Crippen molar-refractivity contribution in [1.82, 2.24) is 0 Å². The topological polar surface area (TPSA) is 40.5 Å². The average Bonchev–Trinajstić information content (AvgIpc) is 2.17. The number of nitrogens with zero attached hydrogens (tertiary/aromatic N) is 1. The molecule has 0 saturated carbocycles. The molecule has 1 aliphatic heterocycles. The van der Waals surface area contributed by atoms with E-state index in [2.05, 4.69) is 0 Å². The second-order valence-corrected chi connectivity index (χ2v) is 3.73. The molecule has 1 aromatic carbocycles. The molecule has 0 spiro atoms. The molecule has 1 unspecified atom stereocenters. The first-order valence-corrected chi connectivity index (χ1v) is 4.96. The Morgan fingerprint density at radius 1 is 1.33 bits per heavy atom. The summed E-state index contributed by atoms with van der Waals surface area (Å²) in [5.41, 5.74) is 0.874. The molecule has 0 saturated heterocycles. The van der Waals surface area contributed by atoms with E-state index in [1.807, 2.05) is 37.3 Å². The van der Waals surface area contributed by atoms with Crippen LogP contribution in [-0.4, -0.2) is 17.1 Å². The number of amides is 1. The number of hydrogen-bond donors (Lipinski definition) is 1. The fraction of sp³-hybridized carbons (Fsp3) is 0.250. The number of hydrogen-bond acceptors (Lipinski definition) is 2. The molecule has 3 heteroatoms. The molecule has 1 heterocycles. The highest BCUT2D eigenvalue weighted by atomic mass is 16.3. The standard InChI is InChI=1S/C12H13NO2/c1-9-7-11(14)8-12(15)13(9)10-5-3-2-4-6-10/h2-6,8-9,14H,7H2,1H3. The molecular formula is C12H13NO2. The summed E-state index contributed by atoms with van der Waals surface area (Å²) in [5, 5.41) is 9.33. The third-order valence-corrected chi connectivity index (χ3v) is 2.51. The highest BCUT2D eigenvalue weighted by Crippen LogP contribution is 2.23. The van der Waals surface area contributed by atoms with Crippen molar-refractivity contribution in [3.8, 4) is 0 Å². The van der Waals surface area contributed by atoms with Crippen molar-refractivity contribution in [2.45, 2.75) is 19.4 Å². The minimum atomic E-state index is -0.155. The Labute approximate surface area is 88.6 Å². The van der Waals surface area contributed by atoms with Crippen LogP contribution in [0.25, 0.3) is 0 Å². The zero-order valence-corrected chi connectivity index (χ0v) is 8.55. The number of benzene rings is 1. The smallest absolute Gasteiger partial charge is 0.254 e. The van der Waals surface area contributed by atoms with E-state index < -0.39 is 0 Å². The Kier molecular flexibility index (Phi) is 2.46. The monoisotopic (exact) mass is 203 g/mol. The van der Waals surface area contributed by atoms with Gasteiger partial charge < -0.3 is 10.0 Å². The van der Waals surface area contributed by atoms with Gasteiger partial charge in [-0.2, -0.15) is 0 Å². The summed E-state index contributed by atoms with van der Waals surface area (Å²) in [4.78, 5) is 13.4. The molecule has 1 N–H and O–H groups in total. The average molecular weight is 203 g/mol. The molecule has 2 rings (SSSR count). The highest BCUT2D eigenvalue weighted by molar-refractivity contribution is 6.03. The van der Waals surface area contributed by atoms with Crippen LogP contribution in [0.2, 0.25) is 0 Å². The lowest BCUT2D eigenvalue weighted by Gasteiger charge is -2.31.